The van der Waals surface area contributed by atoms with Crippen LogP contribution in [0.4, 0.5) is 0 Å². The van der Waals surface area contributed by atoms with Gasteiger partial charge in [-0.15, -0.1) is 0 Å². The van der Waals surface area contributed by atoms with Crippen LogP contribution in [0.25, 0.3) is 0 Å². The van der Waals surface area contributed by atoms with Crippen molar-refractivity contribution in [1.82, 2.24) is 0 Å². The van der Waals surface area contributed by atoms with Gasteiger partial charge in [-0.3, -0.25) is 0 Å². The summed E-state index contributed by atoms with van der Waals surface area (Å²) in [5.74, 6) is 0.529. The largest absolute Gasteiger partial charge is 0.394 e. The topological polar surface area (TPSA) is 199 Å². The molecular weight excluding hydrogens is 492 g/mol. The Morgan fingerprint density at radius 3 is 1.84 bits per heavy atom. The number of aliphatic hydroxyl groups excluding tert-OH is 8. The van der Waals surface area contributed by atoms with Gasteiger partial charge >= 0.3 is 0 Å². The molecule has 8 N–H and O–H groups in total. The zero-order chi connectivity index (χ0) is 27.7. The van der Waals surface area contributed by atoms with Crippen molar-refractivity contribution in [3.05, 3.63) is 0 Å². The summed E-state index contributed by atoms with van der Waals surface area (Å²) < 4.78 is 22.8. The van der Waals surface area contributed by atoms with Gasteiger partial charge in [-0.05, 0) is 49.9 Å². The Balaban J connectivity index is 1.53. The van der Waals surface area contributed by atoms with Crippen LogP contribution in [0.5, 0.6) is 0 Å². The number of aliphatic hydroxyl groups is 8. The van der Waals surface area contributed by atoms with Gasteiger partial charge in [0.25, 0.3) is 0 Å². The predicted octanol–water partition coefficient (Wildman–Crippen LogP) is -1.77. The normalized spacial score (nSPS) is 47.5. The van der Waals surface area contributed by atoms with Crippen LogP contribution in [0.15, 0.2) is 0 Å². The van der Waals surface area contributed by atoms with E-state index in [0.717, 1.165) is 6.42 Å². The zero-order valence-electron chi connectivity index (χ0n) is 22.0. The lowest BCUT2D eigenvalue weighted by molar-refractivity contribution is -0.317. The van der Waals surface area contributed by atoms with E-state index in [9.17, 15) is 40.9 Å². The molecule has 0 unspecified atom stereocenters. The van der Waals surface area contributed by atoms with Crippen molar-refractivity contribution >= 4 is 0 Å². The Morgan fingerprint density at radius 2 is 1.32 bits per heavy atom. The predicted molar refractivity (Wildman–Crippen MR) is 128 cm³/mol. The summed E-state index contributed by atoms with van der Waals surface area (Å²) >= 11 is 0. The third kappa shape index (κ3) is 7.00. The van der Waals surface area contributed by atoms with Crippen molar-refractivity contribution in [2.24, 2.45) is 17.3 Å². The van der Waals surface area contributed by atoms with Gasteiger partial charge in [0.15, 0.2) is 12.6 Å². The molecule has 2 saturated heterocycles. The summed E-state index contributed by atoms with van der Waals surface area (Å²) in [5, 5.41) is 79.3. The highest BCUT2D eigenvalue weighted by atomic mass is 16.7. The molecule has 2 aliphatic heterocycles. The van der Waals surface area contributed by atoms with Gasteiger partial charge in [-0.1, -0.05) is 20.8 Å². The molecule has 0 amide bonds. The highest BCUT2D eigenvalue weighted by Gasteiger charge is 2.48. The van der Waals surface area contributed by atoms with E-state index in [-0.39, 0.29) is 23.5 Å². The lowest BCUT2D eigenvalue weighted by atomic mass is 9.61. The van der Waals surface area contributed by atoms with Crippen molar-refractivity contribution in [3.8, 4) is 0 Å². The number of hydrogen-bond acceptors (Lipinski definition) is 12. The van der Waals surface area contributed by atoms with Crippen LogP contribution in [-0.4, -0.2) is 128 Å². The Bertz CT molecular complexity index is 705. The molecule has 0 radical (unpaired) electrons. The average Bonchev–Trinajstić information content (AvgIpc) is 2.83. The molecule has 12 nitrogen and oxygen atoms in total. The SMILES string of the molecule is C[C@H](CC[C@H]1[C@H](C)C[C@H](O[C@H]2O[C@H](CO)[C@@H](O)[C@H](O)[C@H]2O)CC1(C)C)O[C@H]1O[C@H](CO)[C@@H](O)[C@H](O)[C@H]1O. The van der Waals surface area contributed by atoms with E-state index in [1.807, 2.05) is 6.92 Å². The summed E-state index contributed by atoms with van der Waals surface area (Å²) in [7, 11) is 0. The highest BCUT2D eigenvalue weighted by Crippen LogP contribution is 2.48. The van der Waals surface area contributed by atoms with Crippen LogP contribution >= 0.6 is 0 Å². The van der Waals surface area contributed by atoms with Crippen LogP contribution in [0.1, 0.15) is 53.4 Å². The second-order valence-corrected chi connectivity index (χ2v) is 11.7. The molecule has 3 fully saturated rings. The first kappa shape index (κ1) is 31.1. The van der Waals surface area contributed by atoms with Gasteiger partial charge in [-0.2, -0.15) is 0 Å². The first-order valence-electron chi connectivity index (χ1n) is 13.2. The molecule has 3 rings (SSSR count). The number of ether oxygens (including phenoxy) is 4. The summed E-state index contributed by atoms with van der Waals surface area (Å²) in [4.78, 5) is 0. The van der Waals surface area contributed by atoms with Crippen LogP contribution < -0.4 is 0 Å². The smallest absolute Gasteiger partial charge is 0.186 e. The van der Waals surface area contributed by atoms with Gasteiger partial charge < -0.3 is 59.8 Å². The average molecular weight is 539 g/mol. The Hall–Kier alpha value is -0.480. The van der Waals surface area contributed by atoms with Crippen LogP contribution in [0.3, 0.4) is 0 Å². The van der Waals surface area contributed by atoms with E-state index in [0.29, 0.717) is 25.2 Å². The molecule has 0 spiro atoms. The summed E-state index contributed by atoms with van der Waals surface area (Å²) in [5.41, 5.74) is -0.153. The molecule has 3 aliphatic rings. The van der Waals surface area contributed by atoms with E-state index in [4.69, 9.17) is 18.9 Å². The summed E-state index contributed by atoms with van der Waals surface area (Å²) in [6.07, 6.45) is -10.9. The van der Waals surface area contributed by atoms with Crippen LogP contribution in [0.2, 0.25) is 0 Å². The van der Waals surface area contributed by atoms with Gasteiger partial charge in [-0.25, -0.2) is 0 Å². The monoisotopic (exact) mass is 538 g/mol. The minimum absolute atomic E-state index is 0.153. The van der Waals surface area contributed by atoms with Crippen molar-refractivity contribution in [2.75, 3.05) is 13.2 Å². The maximum absolute atomic E-state index is 10.3. The fourth-order valence-corrected chi connectivity index (χ4v) is 6.21. The molecule has 218 valence electrons. The second kappa shape index (κ2) is 12.8. The molecule has 2 heterocycles. The molecule has 0 aromatic carbocycles. The molecule has 37 heavy (non-hydrogen) atoms. The minimum atomic E-state index is -1.49. The third-order valence-corrected chi connectivity index (χ3v) is 8.35. The molecule has 0 bridgehead atoms. The first-order valence-corrected chi connectivity index (χ1v) is 13.2. The van der Waals surface area contributed by atoms with E-state index in [1.165, 1.54) is 0 Å². The third-order valence-electron chi connectivity index (χ3n) is 8.35. The minimum Gasteiger partial charge on any atom is -0.394 e. The molecule has 14 atom stereocenters. The number of rotatable bonds is 9. The Labute approximate surface area is 217 Å². The van der Waals surface area contributed by atoms with Gasteiger partial charge in [0.05, 0.1) is 25.4 Å². The van der Waals surface area contributed by atoms with E-state index < -0.39 is 74.6 Å². The van der Waals surface area contributed by atoms with Crippen molar-refractivity contribution in [2.45, 2.75) is 127 Å². The quantitative estimate of drug-likeness (QED) is 0.165. The zero-order valence-corrected chi connectivity index (χ0v) is 22.0. The van der Waals surface area contributed by atoms with E-state index in [2.05, 4.69) is 20.8 Å². The second-order valence-electron chi connectivity index (χ2n) is 11.7. The maximum Gasteiger partial charge on any atom is 0.186 e. The fourth-order valence-electron chi connectivity index (χ4n) is 6.21. The van der Waals surface area contributed by atoms with Crippen molar-refractivity contribution in [1.29, 1.82) is 0 Å². The molecule has 0 aromatic rings. The van der Waals surface area contributed by atoms with Gasteiger partial charge in [0, 0.05) is 0 Å². The molecule has 12 heteroatoms. The van der Waals surface area contributed by atoms with Crippen LogP contribution in [0, 0.1) is 17.3 Å². The van der Waals surface area contributed by atoms with Gasteiger partial charge in [0.1, 0.15) is 48.8 Å². The molecule has 1 aliphatic carbocycles. The lowest BCUT2D eigenvalue weighted by Gasteiger charge is -2.48. The standard InChI is InChI=1S/C25H46O12/c1-11-7-13(35-24-22(33)20(31)18(29)16(10-27)37-24)8-25(3,4)14(11)6-5-12(2)34-23-21(32)19(30)17(28)15(9-26)36-23/h11-24,26-33H,5-10H2,1-4H3/t11-,12-,13+,14+,15-,16-,17-,18-,19+,20+,21-,22-,23+,24+/m1/s1. The molecule has 0 aromatic heterocycles. The Kier molecular flexibility index (Phi) is 10.7. The summed E-state index contributed by atoms with van der Waals surface area (Å²) in [6.45, 7) is 7.22. The molecule has 1 saturated carbocycles. The fraction of sp³-hybridized carbons (Fsp3) is 1.00. The van der Waals surface area contributed by atoms with Gasteiger partial charge in [0.2, 0.25) is 0 Å². The lowest BCUT2D eigenvalue weighted by Crippen LogP contribution is -2.60. The Morgan fingerprint density at radius 1 is 0.811 bits per heavy atom. The van der Waals surface area contributed by atoms with E-state index in [1.54, 1.807) is 0 Å². The van der Waals surface area contributed by atoms with Crippen LogP contribution in [-0.2, 0) is 18.9 Å². The maximum atomic E-state index is 10.3. The first-order chi connectivity index (χ1) is 17.3. The van der Waals surface area contributed by atoms with E-state index >= 15 is 0 Å². The van der Waals surface area contributed by atoms with Crippen molar-refractivity contribution < 1.29 is 59.8 Å². The highest BCUT2D eigenvalue weighted by molar-refractivity contribution is 4.94. The summed E-state index contributed by atoms with van der Waals surface area (Å²) in [6, 6.07) is 0. The van der Waals surface area contributed by atoms with Crippen molar-refractivity contribution in [3.63, 3.8) is 0 Å². The number of hydrogen-bond donors (Lipinski definition) is 8. The molecular formula is C25H46O12.